The fraction of sp³-hybridized carbons (Fsp3) is 0.500. The van der Waals surface area contributed by atoms with Crippen molar-refractivity contribution in [3.8, 4) is 0 Å². The molecule has 2 atom stereocenters. The molecule has 0 bridgehead atoms. The lowest BCUT2D eigenvalue weighted by molar-refractivity contribution is -0.152. The molecular formula is C16H22N2O3. The molecule has 1 aromatic carbocycles. The first-order valence-electron chi connectivity index (χ1n) is 7.21. The number of ether oxygens (including phenoxy) is 1. The van der Waals surface area contributed by atoms with Gasteiger partial charge in [0.15, 0.2) is 0 Å². The van der Waals surface area contributed by atoms with Crippen molar-refractivity contribution in [3.05, 3.63) is 29.3 Å². The topological polar surface area (TPSA) is 58.6 Å². The summed E-state index contributed by atoms with van der Waals surface area (Å²) in [5.74, 6) is -1.09. The molecule has 1 heterocycles. The number of carbonyl (C=O) groups excluding carboxylic acids is 2. The predicted molar refractivity (Wildman–Crippen MR) is 81.1 cm³/mol. The van der Waals surface area contributed by atoms with Crippen LogP contribution >= 0.6 is 0 Å². The summed E-state index contributed by atoms with van der Waals surface area (Å²) in [4.78, 5) is 26.1. The Morgan fingerprint density at radius 2 is 2.00 bits per heavy atom. The third kappa shape index (κ3) is 3.42. The molecular weight excluding hydrogens is 268 g/mol. The smallest absolute Gasteiger partial charge is 0.313 e. The summed E-state index contributed by atoms with van der Waals surface area (Å²) in [6, 6.07) is 5.66. The number of rotatable bonds is 1. The number of anilines is 1. The van der Waals surface area contributed by atoms with Crippen molar-refractivity contribution < 1.29 is 14.3 Å². The van der Waals surface area contributed by atoms with Gasteiger partial charge in [0.05, 0.1) is 18.8 Å². The van der Waals surface area contributed by atoms with Gasteiger partial charge in [0, 0.05) is 12.2 Å². The number of benzene rings is 1. The summed E-state index contributed by atoms with van der Waals surface area (Å²) in [7, 11) is 0. The zero-order valence-corrected chi connectivity index (χ0v) is 13.0. The van der Waals surface area contributed by atoms with Crippen LogP contribution in [0.3, 0.4) is 0 Å². The number of aryl methyl sites for hydroxylation is 2. The van der Waals surface area contributed by atoms with E-state index in [1.165, 1.54) is 0 Å². The molecule has 0 saturated carbocycles. The highest BCUT2D eigenvalue weighted by Gasteiger charge is 2.32. The van der Waals surface area contributed by atoms with Crippen LogP contribution in [0.15, 0.2) is 18.2 Å². The van der Waals surface area contributed by atoms with Crippen LogP contribution in [-0.4, -0.2) is 42.0 Å². The average molecular weight is 290 g/mol. The Hall–Kier alpha value is -1.88. The first-order valence-corrected chi connectivity index (χ1v) is 7.21. The molecule has 0 radical (unpaired) electrons. The molecule has 1 fully saturated rings. The second-order valence-corrected chi connectivity index (χ2v) is 5.59. The molecule has 114 valence electrons. The Labute approximate surface area is 125 Å². The van der Waals surface area contributed by atoms with Crippen LogP contribution in [0, 0.1) is 13.8 Å². The van der Waals surface area contributed by atoms with Gasteiger partial charge in [-0.15, -0.1) is 0 Å². The summed E-state index contributed by atoms with van der Waals surface area (Å²) in [6.45, 7) is 8.57. The molecule has 1 aliphatic heterocycles. The second kappa shape index (κ2) is 6.26. The SMILES string of the molecule is Cc1ccc(C)c(NC(=O)C(=O)N2CCO[C@H](C)[C@@H]2C)c1. The van der Waals surface area contributed by atoms with E-state index in [0.29, 0.717) is 18.8 Å². The lowest BCUT2D eigenvalue weighted by Gasteiger charge is -2.37. The molecule has 0 aliphatic carbocycles. The van der Waals surface area contributed by atoms with Gasteiger partial charge < -0.3 is 15.0 Å². The van der Waals surface area contributed by atoms with Crippen LogP contribution in [0.4, 0.5) is 5.69 Å². The van der Waals surface area contributed by atoms with Crippen LogP contribution in [-0.2, 0) is 14.3 Å². The summed E-state index contributed by atoms with van der Waals surface area (Å²) >= 11 is 0. The van der Waals surface area contributed by atoms with Crippen molar-refractivity contribution >= 4 is 17.5 Å². The maximum atomic E-state index is 12.3. The molecule has 0 aromatic heterocycles. The van der Waals surface area contributed by atoms with Crippen LogP contribution in [0.25, 0.3) is 0 Å². The van der Waals surface area contributed by atoms with Crippen LogP contribution in [0.2, 0.25) is 0 Å². The van der Waals surface area contributed by atoms with Gasteiger partial charge in [0.2, 0.25) is 0 Å². The van der Waals surface area contributed by atoms with Crippen molar-refractivity contribution in [2.24, 2.45) is 0 Å². The Kier molecular flexibility index (Phi) is 4.63. The van der Waals surface area contributed by atoms with Crippen LogP contribution in [0.1, 0.15) is 25.0 Å². The minimum absolute atomic E-state index is 0.0591. The number of hydrogen-bond donors (Lipinski definition) is 1. The third-order valence-corrected chi connectivity index (χ3v) is 3.98. The van der Waals surface area contributed by atoms with E-state index in [4.69, 9.17) is 4.74 Å². The molecule has 21 heavy (non-hydrogen) atoms. The molecule has 2 amide bonds. The minimum Gasteiger partial charge on any atom is -0.375 e. The highest BCUT2D eigenvalue weighted by atomic mass is 16.5. The summed E-state index contributed by atoms with van der Waals surface area (Å²) in [5, 5.41) is 2.71. The quantitative estimate of drug-likeness (QED) is 0.803. The number of morpholine rings is 1. The Morgan fingerprint density at radius 1 is 1.29 bits per heavy atom. The van der Waals surface area contributed by atoms with Gasteiger partial charge in [-0.25, -0.2) is 0 Å². The fourth-order valence-corrected chi connectivity index (χ4v) is 2.40. The first-order chi connectivity index (χ1) is 9.90. The van der Waals surface area contributed by atoms with Gasteiger partial charge in [-0.05, 0) is 44.9 Å². The number of nitrogens with zero attached hydrogens (tertiary/aromatic N) is 1. The van der Waals surface area contributed by atoms with Crippen molar-refractivity contribution in [1.29, 1.82) is 0 Å². The maximum Gasteiger partial charge on any atom is 0.313 e. The van der Waals surface area contributed by atoms with Gasteiger partial charge in [0.25, 0.3) is 0 Å². The largest absolute Gasteiger partial charge is 0.375 e. The lowest BCUT2D eigenvalue weighted by atomic mass is 10.1. The molecule has 0 spiro atoms. The van der Waals surface area contributed by atoms with E-state index in [2.05, 4.69) is 5.32 Å². The maximum absolute atomic E-state index is 12.3. The third-order valence-electron chi connectivity index (χ3n) is 3.98. The Balaban J connectivity index is 2.09. The number of hydrogen-bond acceptors (Lipinski definition) is 3. The Bertz CT molecular complexity index is 556. The lowest BCUT2D eigenvalue weighted by Crippen LogP contribution is -2.54. The van der Waals surface area contributed by atoms with E-state index in [1.807, 2.05) is 45.9 Å². The highest BCUT2D eigenvalue weighted by molar-refractivity contribution is 6.39. The molecule has 1 aromatic rings. The minimum atomic E-state index is -0.593. The van der Waals surface area contributed by atoms with E-state index in [9.17, 15) is 9.59 Å². The summed E-state index contributed by atoms with van der Waals surface area (Å²) in [6.07, 6.45) is -0.0591. The average Bonchev–Trinajstić information content (AvgIpc) is 2.45. The van der Waals surface area contributed by atoms with E-state index in [1.54, 1.807) is 4.90 Å². The number of amides is 2. The standard InChI is InChI=1S/C16H22N2O3/c1-10-5-6-11(2)14(9-10)17-15(19)16(20)18-7-8-21-13(4)12(18)3/h5-6,9,12-13H,7-8H2,1-4H3,(H,17,19)/t12-,13+/m0/s1. The van der Waals surface area contributed by atoms with Crippen molar-refractivity contribution in [2.75, 3.05) is 18.5 Å². The zero-order chi connectivity index (χ0) is 15.6. The molecule has 1 N–H and O–H groups in total. The Morgan fingerprint density at radius 3 is 2.71 bits per heavy atom. The fourth-order valence-electron chi connectivity index (χ4n) is 2.40. The van der Waals surface area contributed by atoms with Gasteiger partial charge in [-0.3, -0.25) is 9.59 Å². The van der Waals surface area contributed by atoms with E-state index >= 15 is 0 Å². The molecule has 5 heteroatoms. The molecule has 5 nitrogen and oxygen atoms in total. The van der Waals surface area contributed by atoms with Crippen molar-refractivity contribution in [1.82, 2.24) is 4.90 Å². The molecule has 1 saturated heterocycles. The first kappa shape index (κ1) is 15.5. The molecule has 0 unspecified atom stereocenters. The van der Waals surface area contributed by atoms with E-state index < -0.39 is 11.8 Å². The van der Waals surface area contributed by atoms with E-state index in [0.717, 1.165) is 11.1 Å². The predicted octanol–water partition coefficient (Wildman–Crippen LogP) is 1.88. The van der Waals surface area contributed by atoms with Gasteiger partial charge in [-0.2, -0.15) is 0 Å². The summed E-state index contributed by atoms with van der Waals surface area (Å²) < 4.78 is 5.48. The monoisotopic (exact) mass is 290 g/mol. The van der Waals surface area contributed by atoms with Crippen LogP contribution in [0.5, 0.6) is 0 Å². The van der Waals surface area contributed by atoms with Gasteiger partial charge in [-0.1, -0.05) is 12.1 Å². The highest BCUT2D eigenvalue weighted by Crippen LogP contribution is 2.18. The normalized spacial score (nSPS) is 22.0. The van der Waals surface area contributed by atoms with Gasteiger partial charge in [0.1, 0.15) is 0 Å². The number of nitrogens with one attached hydrogen (secondary N) is 1. The van der Waals surface area contributed by atoms with Gasteiger partial charge >= 0.3 is 11.8 Å². The van der Waals surface area contributed by atoms with Crippen LogP contribution < -0.4 is 5.32 Å². The number of carbonyl (C=O) groups is 2. The van der Waals surface area contributed by atoms with Crippen molar-refractivity contribution in [2.45, 2.75) is 39.8 Å². The zero-order valence-electron chi connectivity index (χ0n) is 13.0. The van der Waals surface area contributed by atoms with Crippen molar-refractivity contribution in [3.63, 3.8) is 0 Å². The summed E-state index contributed by atoms with van der Waals surface area (Å²) in [5.41, 5.74) is 2.66. The van der Waals surface area contributed by atoms with E-state index in [-0.39, 0.29) is 12.1 Å². The second-order valence-electron chi connectivity index (χ2n) is 5.59. The molecule has 1 aliphatic rings. The molecule has 2 rings (SSSR count).